The van der Waals surface area contributed by atoms with Gasteiger partial charge in [-0.05, 0) is 30.2 Å². The van der Waals surface area contributed by atoms with Crippen molar-refractivity contribution in [1.29, 1.82) is 0 Å². The van der Waals surface area contributed by atoms with E-state index in [1.54, 1.807) is 6.08 Å². The Balaban J connectivity index is 1.73. The van der Waals surface area contributed by atoms with Gasteiger partial charge in [-0.1, -0.05) is 86.0 Å². The van der Waals surface area contributed by atoms with Crippen LogP contribution in [-0.4, -0.2) is 16.5 Å². The number of rotatable bonds is 6. The first-order valence-electron chi connectivity index (χ1n) is 10.6. The Kier molecular flexibility index (Phi) is 5.04. The van der Waals surface area contributed by atoms with Gasteiger partial charge in [-0.3, -0.25) is 0 Å². The SMILES string of the molecule is C=CC(=C)N(CC)c1nc(-c2ccc(-c3ccccc3)cc2)c2c(n1)oc1ccccc12. The van der Waals surface area contributed by atoms with Crippen LogP contribution in [0.5, 0.6) is 0 Å². The molecule has 2 aromatic heterocycles. The Bertz CT molecular complexity index is 1430. The number of allylic oxidation sites excluding steroid dienone is 1. The Morgan fingerprint density at radius 3 is 2.25 bits per heavy atom. The molecule has 32 heavy (non-hydrogen) atoms. The van der Waals surface area contributed by atoms with Crippen molar-refractivity contribution in [2.75, 3.05) is 11.4 Å². The van der Waals surface area contributed by atoms with Crippen LogP contribution in [0, 0.1) is 0 Å². The molecule has 4 heteroatoms. The van der Waals surface area contributed by atoms with Gasteiger partial charge in [0.05, 0.1) is 11.1 Å². The van der Waals surface area contributed by atoms with Crippen molar-refractivity contribution in [2.24, 2.45) is 0 Å². The maximum atomic E-state index is 6.12. The van der Waals surface area contributed by atoms with Crippen molar-refractivity contribution in [3.05, 3.63) is 104 Å². The first-order valence-corrected chi connectivity index (χ1v) is 10.6. The lowest BCUT2D eigenvalue weighted by Crippen LogP contribution is -2.22. The third-order valence-electron chi connectivity index (χ3n) is 5.63. The van der Waals surface area contributed by atoms with Crippen molar-refractivity contribution in [1.82, 2.24) is 9.97 Å². The van der Waals surface area contributed by atoms with E-state index in [0.717, 1.165) is 38.9 Å². The zero-order valence-electron chi connectivity index (χ0n) is 18.0. The molecule has 5 aromatic rings. The molecule has 0 unspecified atom stereocenters. The molecule has 0 saturated carbocycles. The summed E-state index contributed by atoms with van der Waals surface area (Å²) in [6.45, 7) is 10.6. The van der Waals surface area contributed by atoms with Crippen molar-refractivity contribution in [2.45, 2.75) is 6.92 Å². The average molecular weight is 418 g/mol. The second-order valence-corrected chi connectivity index (χ2v) is 7.53. The zero-order chi connectivity index (χ0) is 22.1. The highest BCUT2D eigenvalue weighted by Gasteiger charge is 2.20. The van der Waals surface area contributed by atoms with Gasteiger partial charge < -0.3 is 9.32 Å². The van der Waals surface area contributed by atoms with Crippen molar-refractivity contribution >= 4 is 28.0 Å². The quantitative estimate of drug-likeness (QED) is 0.273. The number of likely N-dealkylation sites (N-methyl/N-ethyl adjacent to an activating group) is 1. The molecule has 0 aliphatic carbocycles. The molecule has 0 bridgehead atoms. The number of para-hydroxylation sites is 1. The van der Waals surface area contributed by atoms with Crippen molar-refractivity contribution < 1.29 is 4.42 Å². The lowest BCUT2D eigenvalue weighted by Gasteiger charge is -2.21. The molecule has 0 aliphatic heterocycles. The summed E-state index contributed by atoms with van der Waals surface area (Å²) in [4.78, 5) is 11.7. The second-order valence-electron chi connectivity index (χ2n) is 7.53. The van der Waals surface area contributed by atoms with Crippen LogP contribution in [0.25, 0.3) is 44.5 Å². The molecule has 156 valence electrons. The van der Waals surface area contributed by atoms with Crippen LogP contribution in [0.3, 0.4) is 0 Å². The van der Waals surface area contributed by atoms with E-state index in [1.165, 1.54) is 5.56 Å². The van der Waals surface area contributed by atoms with Gasteiger partial charge in [0.15, 0.2) is 0 Å². The van der Waals surface area contributed by atoms with Gasteiger partial charge in [0.1, 0.15) is 5.58 Å². The van der Waals surface area contributed by atoms with Crippen LogP contribution in [0.15, 0.2) is 108 Å². The van der Waals surface area contributed by atoms with Crippen LogP contribution in [0.4, 0.5) is 5.95 Å². The minimum absolute atomic E-state index is 0.547. The summed E-state index contributed by atoms with van der Waals surface area (Å²) in [6, 6.07) is 26.8. The fourth-order valence-electron chi connectivity index (χ4n) is 3.98. The molecule has 2 heterocycles. The zero-order valence-corrected chi connectivity index (χ0v) is 18.0. The Labute approximate surface area is 187 Å². The molecule has 0 amide bonds. The number of fused-ring (bicyclic) bond motifs is 3. The van der Waals surface area contributed by atoms with Gasteiger partial charge in [-0.25, -0.2) is 4.98 Å². The molecule has 0 aliphatic rings. The summed E-state index contributed by atoms with van der Waals surface area (Å²) in [5.41, 5.74) is 6.28. The Morgan fingerprint density at radius 1 is 0.875 bits per heavy atom. The standard InChI is InChI=1S/C28H23N3O/c1-4-19(3)31(5-2)28-29-26(25-23-13-9-10-14-24(23)32-27(25)30-28)22-17-15-21(16-18-22)20-11-7-6-8-12-20/h4,6-18H,1,3,5H2,2H3. The molecule has 5 rings (SSSR count). The molecule has 0 atom stereocenters. The van der Waals surface area contributed by atoms with Gasteiger partial charge in [-0.2, -0.15) is 4.98 Å². The maximum Gasteiger partial charge on any atom is 0.233 e. The first kappa shape index (κ1) is 19.8. The number of anilines is 1. The van der Waals surface area contributed by atoms with E-state index in [-0.39, 0.29) is 0 Å². The third kappa shape index (κ3) is 3.36. The molecule has 3 aromatic carbocycles. The number of aromatic nitrogens is 2. The predicted octanol–water partition coefficient (Wildman–Crippen LogP) is 7.24. The van der Waals surface area contributed by atoms with Crippen LogP contribution in [0.1, 0.15) is 6.92 Å². The van der Waals surface area contributed by atoms with E-state index in [9.17, 15) is 0 Å². The highest BCUT2D eigenvalue weighted by atomic mass is 16.3. The van der Waals surface area contributed by atoms with E-state index in [1.807, 2.05) is 54.3 Å². The highest BCUT2D eigenvalue weighted by Crippen LogP contribution is 2.36. The Morgan fingerprint density at radius 2 is 1.53 bits per heavy atom. The largest absolute Gasteiger partial charge is 0.437 e. The predicted molar refractivity (Wildman–Crippen MR) is 133 cm³/mol. The monoisotopic (exact) mass is 417 g/mol. The van der Waals surface area contributed by atoms with Gasteiger partial charge >= 0.3 is 0 Å². The number of nitrogens with zero attached hydrogens (tertiary/aromatic N) is 3. The van der Waals surface area contributed by atoms with Crippen LogP contribution < -0.4 is 4.90 Å². The lowest BCUT2D eigenvalue weighted by molar-refractivity contribution is 0.652. The smallest absolute Gasteiger partial charge is 0.233 e. The highest BCUT2D eigenvalue weighted by molar-refractivity contribution is 6.10. The van der Waals surface area contributed by atoms with Gasteiger partial charge in [-0.15, -0.1) is 0 Å². The normalized spacial score (nSPS) is 11.0. The summed E-state index contributed by atoms with van der Waals surface area (Å²) in [5.74, 6) is 0.547. The fourth-order valence-corrected chi connectivity index (χ4v) is 3.98. The van der Waals surface area contributed by atoms with Crippen molar-refractivity contribution in [3.63, 3.8) is 0 Å². The lowest BCUT2D eigenvalue weighted by atomic mass is 10.0. The van der Waals surface area contributed by atoms with Crippen LogP contribution in [0.2, 0.25) is 0 Å². The number of hydrogen-bond acceptors (Lipinski definition) is 4. The average Bonchev–Trinajstić information content (AvgIpc) is 3.23. The van der Waals surface area contributed by atoms with Gasteiger partial charge in [0, 0.05) is 23.2 Å². The minimum atomic E-state index is 0.547. The topological polar surface area (TPSA) is 42.2 Å². The molecule has 0 fully saturated rings. The van der Waals surface area contributed by atoms with E-state index in [0.29, 0.717) is 18.2 Å². The summed E-state index contributed by atoms with van der Waals surface area (Å²) in [7, 11) is 0. The first-order chi connectivity index (χ1) is 15.7. The number of benzene rings is 3. The summed E-state index contributed by atoms with van der Waals surface area (Å²) < 4.78 is 6.12. The molecule has 0 N–H and O–H groups in total. The van der Waals surface area contributed by atoms with Gasteiger partial charge in [0.2, 0.25) is 11.7 Å². The van der Waals surface area contributed by atoms with E-state index in [2.05, 4.69) is 49.6 Å². The molecular weight excluding hydrogens is 394 g/mol. The molecular formula is C28H23N3O. The summed E-state index contributed by atoms with van der Waals surface area (Å²) in [6.07, 6.45) is 1.71. The minimum Gasteiger partial charge on any atom is -0.437 e. The summed E-state index contributed by atoms with van der Waals surface area (Å²) >= 11 is 0. The molecule has 4 nitrogen and oxygen atoms in total. The molecule has 0 saturated heterocycles. The van der Waals surface area contributed by atoms with Crippen molar-refractivity contribution in [3.8, 4) is 22.4 Å². The van der Waals surface area contributed by atoms with Gasteiger partial charge in [0.25, 0.3) is 0 Å². The number of hydrogen-bond donors (Lipinski definition) is 0. The van der Waals surface area contributed by atoms with E-state index >= 15 is 0 Å². The molecule has 0 spiro atoms. The third-order valence-corrected chi connectivity index (χ3v) is 5.63. The second kappa shape index (κ2) is 8.16. The van der Waals surface area contributed by atoms with E-state index < -0.39 is 0 Å². The number of furan rings is 1. The summed E-state index contributed by atoms with van der Waals surface area (Å²) in [5, 5.41) is 1.92. The fraction of sp³-hybridized carbons (Fsp3) is 0.0714. The molecule has 0 radical (unpaired) electrons. The van der Waals surface area contributed by atoms with Crippen LogP contribution >= 0.6 is 0 Å². The Hall–Kier alpha value is -4.18. The van der Waals surface area contributed by atoms with E-state index in [4.69, 9.17) is 14.4 Å². The maximum absolute atomic E-state index is 6.12. The van der Waals surface area contributed by atoms with Crippen LogP contribution in [-0.2, 0) is 0 Å².